The summed E-state index contributed by atoms with van der Waals surface area (Å²) in [5, 5.41) is 0. The Morgan fingerprint density at radius 1 is 0.396 bits per heavy atom. The van der Waals surface area contributed by atoms with Crippen molar-refractivity contribution in [1.82, 2.24) is 0 Å². The fourth-order valence-electron chi connectivity index (χ4n) is 6.90. The van der Waals surface area contributed by atoms with Crippen molar-refractivity contribution in [2.75, 3.05) is 13.2 Å². The molecule has 0 radical (unpaired) electrons. The van der Waals surface area contributed by atoms with Gasteiger partial charge in [-0.05, 0) is 31.1 Å². The van der Waals surface area contributed by atoms with Gasteiger partial charge in [0.15, 0.2) is 6.10 Å². The van der Waals surface area contributed by atoms with Crippen LogP contribution < -0.4 is 0 Å². The highest BCUT2D eigenvalue weighted by Gasteiger charge is 2.19. The van der Waals surface area contributed by atoms with Gasteiger partial charge in [0.1, 0.15) is 13.2 Å². The van der Waals surface area contributed by atoms with Crippen LogP contribution in [0.2, 0.25) is 0 Å². The second-order valence-corrected chi connectivity index (χ2v) is 16.8. The number of esters is 3. The van der Waals surface area contributed by atoms with Crippen molar-refractivity contribution in [2.24, 2.45) is 11.8 Å². The predicted octanol–water partition coefficient (Wildman–Crippen LogP) is 14.6. The Morgan fingerprint density at radius 2 is 0.717 bits per heavy atom. The quantitative estimate of drug-likeness (QED) is 0.0352. The van der Waals surface area contributed by atoms with E-state index in [-0.39, 0.29) is 31.1 Å². The Bertz CT molecular complexity index is 811. The average molecular weight is 751 g/mol. The molecule has 0 heterocycles. The molecule has 314 valence electrons. The summed E-state index contributed by atoms with van der Waals surface area (Å²) in [6.07, 6.45) is 38.0. The first-order valence-corrected chi connectivity index (χ1v) is 23.3. The van der Waals surface area contributed by atoms with Crippen LogP contribution in [-0.4, -0.2) is 37.2 Å². The van der Waals surface area contributed by atoms with Crippen LogP contribution in [0.25, 0.3) is 0 Å². The number of carbonyl (C=O) groups excluding carboxylic acids is 3. The number of rotatable bonds is 41. The summed E-state index contributed by atoms with van der Waals surface area (Å²) < 4.78 is 16.7. The van der Waals surface area contributed by atoms with Crippen LogP contribution >= 0.6 is 0 Å². The lowest BCUT2D eigenvalue weighted by Crippen LogP contribution is -2.30. The molecule has 0 aliphatic rings. The van der Waals surface area contributed by atoms with Gasteiger partial charge in [-0.1, -0.05) is 214 Å². The molecule has 0 aromatic rings. The van der Waals surface area contributed by atoms with Crippen LogP contribution in [0.3, 0.4) is 0 Å². The number of ether oxygens (including phenoxy) is 3. The van der Waals surface area contributed by atoms with Crippen molar-refractivity contribution < 1.29 is 28.6 Å². The maximum absolute atomic E-state index is 12.7. The summed E-state index contributed by atoms with van der Waals surface area (Å²) in [6, 6.07) is 0. The fraction of sp³-hybridized carbons (Fsp3) is 0.936. The number of unbranched alkanes of at least 4 members (excludes halogenated alkanes) is 25. The summed E-state index contributed by atoms with van der Waals surface area (Å²) in [5.41, 5.74) is 0. The molecule has 0 fully saturated rings. The molecule has 1 unspecified atom stereocenters. The average Bonchev–Trinajstić information content (AvgIpc) is 3.14. The molecule has 6 heteroatoms. The van der Waals surface area contributed by atoms with Crippen molar-refractivity contribution >= 4 is 17.9 Å². The van der Waals surface area contributed by atoms with Gasteiger partial charge in [0.05, 0.1) is 0 Å². The molecular weight excluding hydrogens is 661 g/mol. The summed E-state index contributed by atoms with van der Waals surface area (Å²) in [7, 11) is 0. The third-order valence-corrected chi connectivity index (χ3v) is 10.8. The zero-order chi connectivity index (χ0) is 39.0. The minimum atomic E-state index is -0.760. The Balaban J connectivity index is 4.34. The van der Waals surface area contributed by atoms with Crippen LogP contribution in [-0.2, 0) is 28.6 Å². The lowest BCUT2D eigenvalue weighted by Gasteiger charge is -2.18. The van der Waals surface area contributed by atoms with Crippen molar-refractivity contribution in [3.63, 3.8) is 0 Å². The Kier molecular flexibility index (Phi) is 38.9. The Labute approximate surface area is 329 Å². The van der Waals surface area contributed by atoms with Crippen LogP contribution in [0, 0.1) is 11.8 Å². The fourth-order valence-corrected chi connectivity index (χ4v) is 6.90. The van der Waals surface area contributed by atoms with Crippen LogP contribution in [0.15, 0.2) is 0 Å². The van der Waals surface area contributed by atoms with E-state index in [1.165, 1.54) is 141 Å². The Morgan fingerprint density at radius 3 is 1.08 bits per heavy atom. The van der Waals surface area contributed by atoms with E-state index in [1.54, 1.807) is 0 Å². The first-order valence-electron chi connectivity index (χ1n) is 23.3. The van der Waals surface area contributed by atoms with Crippen LogP contribution in [0.5, 0.6) is 0 Å². The largest absolute Gasteiger partial charge is 0.462 e. The molecule has 0 aliphatic carbocycles. The van der Waals surface area contributed by atoms with Crippen molar-refractivity contribution in [1.29, 1.82) is 0 Å². The molecule has 0 aliphatic heterocycles. The maximum Gasteiger partial charge on any atom is 0.306 e. The highest BCUT2D eigenvalue weighted by molar-refractivity contribution is 5.71. The van der Waals surface area contributed by atoms with Gasteiger partial charge in [-0.2, -0.15) is 0 Å². The van der Waals surface area contributed by atoms with Gasteiger partial charge in [0.2, 0.25) is 0 Å². The van der Waals surface area contributed by atoms with Gasteiger partial charge in [-0.3, -0.25) is 14.4 Å². The van der Waals surface area contributed by atoms with Crippen molar-refractivity contribution in [3.8, 4) is 0 Å². The minimum Gasteiger partial charge on any atom is -0.462 e. The van der Waals surface area contributed by atoms with Gasteiger partial charge in [-0.25, -0.2) is 0 Å². The molecule has 0 N–H and O–H groups in total. The zero-order valence-corrected chi connectivity index (χ0v) is 36.1. The highest BCUT2D eigenvalue weighted by atomic mass is 16.6. The van der Waals surface area contributed by atoms with E-state index in [1.807, 2.05) is 0 Å². The van der Waals surface area contributed by atoms with Gasteiger partial charge >= 0.3 is 17.9 Å². The maximum atomic E-state index is 12.7. The van der Waals surface area contributed by atoms with Crippen molar-refractivity contribution in [2.45, 2.75) is 259 Å². The highest BCUT2D eigenvalue weighted by Crippen LogP contribution is 2.17. The van der Waals surface area contributed by atoms with E-state index in [4.69, 9.17) is 14.2 Å². The topological polar surface area (TPSA) is 78.9 Å². The minimum absolute atomic E-state index is 0.0652. The molecule has 2 atom stereocenters. The van der Waals surface area contributed by atoms with Gasteiger partial charge < -0.3 is 14.2 Å². The Hall–Kier alpha value is -1.59. The van der Waals surface area contributed by atoms with E-state index in [0.717, 1.165) is 69.6 Å². The molecule has 0 saturated heterocycles. The van der Waals surface area contributed by atoms with Gasteiger partial charge in [0, 0.05) is 19.3 Å². The third-order valence-electron chi connectivity index (χ3n) is 10.8. The molecular formula is C47H90O6. The van der Waals surface area contributed by atoms with E-state index in [2.05, 4.69) is 34.6 Å². The van der Waals surface area contributed by atoms with Gasteiger partial charge in [0.25, 0.3) is 0 Å². The van der Waals surface area contributed by atoms with Crippen LogP contribution in [0.1, 0.15) is 253 Å². The van der Waals surface area contributed by atoms with Gasteiger partial charge in [-0.15, -0.1) is 0 Å². The van der Waals surface area contributed by atoms with Crippen LogP contribution in [0.4, 0.5) is 0 Å². The number of hydrogen-bond donors (Lipinski definition) is 0. The standard InChI is InChI=1S/C47H90O6/c1-6-8-9-10-11-12-13-17-22-27-32-37-45(48)51-40-44(41-52-46(49)38-33-28-24-19-20-25-30-35-42(3)4)53-47(50)39-34-29-23-18-15-14-16-21-26-31-36-43(5)7-2/h42-44H,6-41H2,1-5H3/t43?,44-/m0/s1. The summed E-state index contributed by atoms with van der Waals surface area (Å²) in [6.45, 7) is 11.3. The molecule has 6 nitrogen and oxygen atoms in total. The van der Waals surface area contributed by atoms with Crippen molar-refractivity contribution in [3.05, 3.63) is 0 Å². The molecule has 0 aromatic heterocycles. The first-order chi connectivity index (χ1) is 25.8. The van der Waals surface area contributed by atoms with E-state index in [9.17, 15) is 14.4 Å². The SMILES string of the molecule is CCCCCCCCCCCCCC(=O)OC[C@@H](COC(=O)CCCCCCCCCC(C)C)OC(=O)CCCCCCCCCCCCC(C)CC. The number of carbonyl (C=O) groups is 3. The summed E-state index contributed by atoms with van der Waals surface area (Å²) in [5.74, 6) is 0.790. The molecule has 0 amide bonds. The molecule has 0 saturated carbocycles. The summed E-state index contributed by atoms with van der Waals surface area (Å²) >= 11 is 0. The monoisotopic (exact) mass is 751 g/mol. The lowest BCUT2D eigenvalue weighted by atomic mass is 9.99. The van der Waals surface area contributed by atoms with E-state index >= 15 is 0 Å². The molecule has 0 aromatic carbocycles. The third kappa shape index (κ3) is 39.9. The predicted molar refractivity (Wildman–Crippen MR) is 224 cm³/mol. The number of hydrogen-bond acceptors (Lipinski definition) is 6. The second-order valence-electron chi connectivity index (χ2n) is 16.8. The van der Waals surface area contributed by atoms with E-state index in [0.29, 0.717) is 19.3 Å². The molecule has 53 heavy (non-hydrogen) atoms. The first kappa shape index (κ1) is 51.4. The second kappa shape index (κ2) is 40.1. The molecule has 0 rings (SSSR count). The molecule has 0 bridgehead atoms. The normalized spacial score (nSPS) is 12.6. The smallest absolute Gasteiger partial charge is 0.306 e. The molecule has 0 spiro atoms. The van der Waals surface area contributed by atoms with E-state index < -0.39 is 6.10 Å². The summed E-state index contributed by atoms with van der Waals surface area (Å²) in [4.78, 5) is 37.7. The zero-order valence-electron chi connectivity index (χ0n) is 36.1. The lowest BCUT2D eigenvalue weighted by molar-refractivity contribution is -0.167.